The van der Waals surface area contributed by atoms with E-state index in [1.54, 1.807) is 0 Å². The van der Waals surface area contributed by atoms with Crippen molar-refractivity contribution in [2.24, 2.45) is 7.05 Å². The second-order valence-electron chi connectivity index (χ2n) is 5.95. The lowest BCUT2D eigenvalue weighted by Gasteiger charge is -2.20. The molecule has 2 N–H and O–H groups in total. The molecule has 0 aliphatic carbocycles. The molecule has 2 rings (SSSR count). The molecule has 1 aromatic carbocycles. The molecular weight excluding hydrogens is 302 g/mol. The fraction of sp³-hybridized carbons (Fsp3) is 0.400. The zero-order chi connectivity index (χ0) is 14.4. The fourth-order valence-electron chi connectivity index (χ4n) is 2.17. The van der Waals surface area contributed by atoms with E-state index in [-0.39, 0.29) is 5.41 Å². The third kappa shape index (κ3) is 2.54. The van der Waals surface area contributed by atoms with Gasteiger partial charge in [0.1, 0.15) is 4.60 Å². The van der Waals surface area contributed by atoms with Crippen LogP contribution in [0.25, 0.3) is 11.3 Å². The predicted octanol–water partition coefficient (Wildman–Crippen LogP) is 4.04. The van der Waals surface area contributed by atoms with Gasteiger partial charge in [-0.15, -0.1) is 0 Å². The third-order valence-corrected chi connectivity index (χ3v) is 3.99. The van der Waals surface area contributed by atoms with E-state index in [4.69, 9.17) is 5.73 Å². The maximum absolute atomic E-state index is 5.85. The molecule has 0 unspecified atom stereocenters. The third-order valence-electron chi connectivity index (χ3n) is 3.43. The lowest BCUT2D eigenvalue weighted by atomic mass is 9.85. The van der Waals surface area contributed by atoms with E-state index >= 15 is 0 Å². The van der Waals surface area contributed by atoms with Crippen molar-refractivity contribution in [2.45, 2.75) is 33.1 Å². The highest BCUT2D eigenvalue weighted by Gasteiger charge is 2.18. The summed E-state index contributed by atoms with van der Waals surface area (Å²) < 4.78 is 2.70. The zero-order valence-corrected chi connectivity index (χ0v) is 13.7. The number of aryl methyl sites for hydroxylation is 1. The minimum Gasteiger partial charge on any atom is -0.369 e. The van der Waals surface area contributed by atoms with Crippen molar-refractivity contribution in [3.63, 3.8) is 0 Å². The molecule has 1 aromatic heterocycles. The monoisotopic (exact) mass is 321 g/mol. The number of rotatable bonds is 1. The van der Waals surface area contributed by atoms with Crippen LogP contribution in [0.1, 0.15) is 31.9 Å². The predicted molar refractivity (Wildman–Crippen MR) is 84.2 cm³/mol. The minimum atomic E-state index is 0.159. The molecule has 4 heteroatoms. The van der Waals surface area contributed by atoms with Crippen LogP contribution in [0.15, 0.2) is 22.8 Å². The first kappa shape index (κ1) is 14.1. The fourth-order valence-corrected chi connectivity index (χ4v) is 2.83. The van der Waals surface area contributed by atoms with Gasteiger partial charge in [-0.3, -0.25) is 0 Å². The van der Waals surface area contributed by atoms with Crippen LogP contribution in [0.4, 0.5) is 5.95 Å². The summed E-state index contributed by atoms with van der Waals surface area (Å²) in [7, 11) is 1.93. The highest BCUT2D eigenvalue weighted by atomic mass is 79.9. The molecule has 0 amide bonds. The van der Waals surface area contributed by atoms with Crippen molar-refractivity contribution in [2.75, 3.05) is 5.73 Å². The second kappa shape index (κ2) is 4.67. The maximum Gasteiger partial charge on any atom is 0.201 e. The van der Waals surface area contributed by atoms with Gasteiger partial charge in [-0.25, -0.2) is 4.98 Å². The largest absolute Gasteiger partial charge is 0.369 e. The van der Waals surface area contributed by atoms with Gasteiger partial charge in [-0.1, -0.05) is 39.0 Å². The number of nitrogens with zero attached hydrogens (tertiary/aromatic N) is 2. The molecule has 0 aliphatic rings. The van der Waals surface area contributed by atoms with Crippen molar-refractivity contribution >= 4 is 21.9 Å². The Morgan fingerprint density at radius 2 is 1.89 bits per heavy atom. The van der Waals surface area contributed by atoms with E-state index < -0.39 is 0 Å². The van der Waals surface area contributed by atoms with Crippen LogP contribution in [0.5, 0.6) is 0 Å². The van der Waals surface area contributed by atoms with Crippen LogP contribution in [0.3, 0.4) is 0 Å². The van der Waals surface area contributed by atoms with Gasteiger partial charge in [-0.2, -0.15) is 0 Å². The summed E-state index contributed by atoms with van der Waals surface area (Å²) in [6, 6.07) is 6.57. The highest BCUT2D eigenvalue weighted by molar-refractivity contribution is 9.10. The Labute approximate surface area is 123 Å². The van der Waals surface area contributed by atoms with E-state index in [0.717, 1.165) is 15.9 Å². The number of hydrogen-bond acceptors (Lipinski definition) is 2. The summed E-state index contributed by atoms with van der Waals surface area (Å²) in [6.45, 7) is 8.79. The molecule has 102 valence electrons. The smallest absolute Gasteiger partial charge is 0.201 e. The number of anilines is 1. The zero-order valence-electron chi connectivity index (χ0n) is 12.1. The number of nitrogens with two attached hydrogens (primary N) is 1. The molecule has 0 fully saturated rings. The molecular formula is C15H20BrN3. The Kier molecular flexibility index (Phi) is 3.47. The van der Waals surface area contributed by atoms with Crippen molar-refractivity contribution < 1.29 is 0 Å². The van der Waals surface area contributed by atoms with E-state index in [0.29, 0.717) is 5.95 Å². The molecule has 19 heavy (non-hydrogen) atoms. The summed E-state index contributed by atoms with van der Waals surface area (Å²) >= 11 is 3.48. The summed E-state index contributed by atoms with van der Waals surface area (Å²) in [5.74, 6) is 0.515. The normalized spacial score (nSPS) is 11.9. The van der Waals surface area contributed by atoms with Crippen LogP contribution in [0.2, 0.25) is 0 Å². The van der Waals surface area contributed by atoms with Gasteiger partial charge in [0.05, 0.1) is 5.69 Å². The Hall–Kier alpha value is -1.29. The van der Waals surface area contributed by atoms with Crippen LogP contribution < -0.4 is 5.73 Å². The van der Waals surface area contributed by atoms with Gasteiger partial charge >= 0.3 is 0 Å². The maximum atomic E-state index is 5.85. The molecule has 0 spiro atoms. The van der Waals surface area contributed by atoms with Crippen LogP contribution in [-0.4, -0.2) is 9.55 Å². The molecule has 2 aromatic rings. The number of halogens is 1. The second-order valence-corrected chi connectivity index (χ2v) is 6.70. The molecule has 0 radical (unpaired) electrons. The number of imidazole rings is 1. The Balaban J connectivity index is 2.59. The molecule has 0 aliphatic heterocycles. The summed E-state index contributed by atoms with van der Waals surface area (Å²) in [5.41, 5.74) is 10.8. The van der Waals surface area contributed by atoms with Gasteiger partial charge in [0, 0.05) is 12.6 Å². The molecule has 1 heterocycles. The Morgan fingerprint density at radius 3 is 2.32 bits per heavy atom. The van der Waals surface area contributed by atoms with Crippen LogP contribution >= 0.6 is 15.9 Å². The van der Waals surface area contributed by atoms with Crippen molar-refractivity contribution in [3.8, 4) is 11.3 Å². The SMILES string of the molecule is Cc1cc(C(C)(C)C)ccc1-c1c(Br)nc(N)n1C. The first-order chi connectivity index (χ1) is 8.71. The minimum absolute atomic E-state index is 0.159. The van der Waals surface area contributed by atoms with Crippen molar-refractivity contribution in [1.82, 2.24) is 9.55 Å². The summed E-state index contributed by atoms with van der Waals surface area (Å²) in [4.78, 5) is 4.26. The van der Waals surface area contributed by atoms with Gasteiger partial charge in [0.25, 0.3) is 0 Å². The van der Waals surface area contributed by atoms with Crippen LogP contribution in [0, 0.1) is 6.92 Å². The highest BCUT2D eigenvalue weighted by Crippen LogP contribution is 2.34. The molecule has 3 nitrogen and oxygen atoms in total. The number of hydrogen-bond donors (Lipinski definition) is 1. The molecule has 0 atom stereocenters. The van der Waals surface area contributed by atoms with Gasteiger partial charge in [-0.05, 0) is 39.4 Å². The lowest BCUT2D eigenvalue weighted by Crippen LogP contribution is -2.11. The van der Waals surface area contributed by atoms with Crippen LogP contribution in [-0.2, 0) is 12.5 Å². The van der Waals surface area contributed by atoms with Crippen molar-refractivity contribution in [3.05, 3.63) is 33.9 Å². The van der Waals surface area contributed by atoms with E-state index in [9.17, 15) is 0 Å². The number of benzene rings is 1. The molecule has 0 saturated carbocycles. The van der Waals surface area contributed by atoms with E-state index in [2.05, 4.69) is 66.8 Å². The Bertz CT molecular complexity index is 621. The van der Waals surface area contributed by atoms with Crippen molar-refractivity contribution in [1.29, 1.82) is 0 Å². The van der Waals surface area contributed by atoms with E-state index in [1.165, 1.54) is 11.1 Å². The molecule has 0 saturated heterocycles. The van der Waals surface area contributed by atoms with E-state index in [1.807, 2.05) is 11.6 Å². The average Bonchev–Trinajstić information content (AvgIpc) is 2.53. The summed E-state index contributed by atoms with van der Waals surface area (Å²) in [6.07, 6.45) is 0. The number of aromatic nitrogens is 2. The first-order valence-electron chi connectivity index (χ1n) is 6.31. The first-order valence-corrected chi connectivity index (χ1v) is 7.10. The van der Waals surface area contributed by atoms with Gasteiger partial charge in [0.15, 0.2) is 0 Å². The standard InChI is InChI=1S/C15H20BrN3/c1-9-8-10(15(2,3)4)6-7-11(9)12-13(16)18-14(17)19(12)5/h6-8H,1-5H3,(H2,17,18). The quantitative estimate of drug-likeness (QED) is 0.861. The topological polar surface area (TPSA) is 43.8 Å². The van der Waals surface area contributed by atoms with Gasteiger partial charge in [0.2, 0.25) is 5.95 Å². The summed E-state index contributed by atoms with van der Waals surface area (Å²) in [5, 5.41) is 0. The average molecular weight is 322 g/mol. The lowest BCUT2D eigenvalue weighted by molar-refractivity contribution is 0.590. The van der Waals surface area contributed by atoms with Gasteiger partial charge < -0.3 is 10.3 Å². The number of nitrogen functional groups attached to an aromatic ring is 1. The molecule has 0 bridgehead atoms. The Morgan fingerprint density at radius 1 is 1.26 bits per heavy atom.